The van der Waals surface area contributed by atoms with Crippen molar-refractivity contribution in [1.29, 1.82) is 0 Å². The molecule has 2 aromatic rings. The summed E-state index contributed by atoms with van der Waals surface area (Å²) in [7, 11) is 0. The van der Waals surface area contributed by atoms with Gasteiger partial charge < -0.3 is 4.98 Å². The quantitative estimate of drug-likeness (QED) is 0.921. The Hall–Kier alpha value is -1.69. The summed E-state index contributed by atoms with van der Waals surface area (Å²) in [6.07, 6.45) is 0. The first-order valence-electron chi connectivity index (χ1n) is 8.24. The summed E-state index contributed by atoms with van der Waals surface area (Å²) in [5, 5.41) is 0. The van der Waals surface area contributed by atoms with E-state index in [1.165, 1.54) is 0 Å². The fraction of sp³-hybridized carbons (Fsp3) is 0.444. The second kappa shape index (κ2) is 8.42. The molecule has 1 aromatic carbocycles. The molecule has 0 radical (unpaired) electrons. The zero-order valence-electron chi connectivity index (χ0n) is 14.2. The molecule has 1 saturated heterocycles. The smallest absolute Gasteiger partial charge is 0.251 e. The summed E-state index contributed by atoms with van der Waals surface area (Å²) in [4.78, 5) is 24.3. The fourth-order valence-corrected chi connectivity index (χ4v) is 2.99. The lowest BCUT2D eigenvalue weighted by Crippen LogP contribution is -2.48. The van der Waals surface area contributed by atoms with Crippen molar-refractivity contribution in [3.05, 3.63) is 52.4 Å². The number of hydrogen-bond acceptors (Lipinski definition) is 4. The van der Waals surface area contributed by atoms with Gasteiger partial charge in [-0.25, -0.2) is 4.98 Å². The molecule has 1 aliphatic heterocycles. The largest absolute Gasteiger partial charge is 0.307 e. The third kappa shape index (κ3) is 4.66. The van der Waals surface area contributed by atoms with E-state index in [0.29, 0.717) is 11.9 Å². The van der Waals surface area contributed by atoms with Crippen molar-refractivity contribution in [3.63, 3.8) is 0 Å². The lowest BCUT2D eigenvalue weighted by atomic mass is 10.2. The molecular formula is C18H25ClN4O. The van der Waals surface area contributed by atoms with Gasteiger partial charge in [0.1, 0.15) is 5.82 Å². The van der Waals surface area contributed by atoms with Crippen molar-refractivity contribution in [2.45, 2.75) is 26.4 Å². The van der Waals surface area contributed by atoms with E-state index in [1.807, 2.05) is 30.3 Å². The second-order valence-electron chi connectivity index (χ2n) is 6.36. The Morgan fingerprint density at radius 3 is 2.42 bits per heavy atom. The van der Waals surface area contributed by atoms with E-state index in [4.69, 9.17) is 0 Å². The van der Waals surface area contributed by atoms with E-state index >= 15 is 0 Å². The maximum absolute atomic E-state index is 11.9. The highest BCUT2D eigenvalue weighted by Gasteiger charge is 2.19. The average molecular weight is 349 g/mol. The van der Waals surface area contributed by atoms with Crippen LogP contribution in [0.15, 0.2) is 41.2 Å². The molecule has 5 nitrogen and oxygen atoms in total. The van der Waals surface area contributed by atoms with Crippen molar-refractivity contribution < 1.29 is 0 Å². The van der Waals surface area contributed by atoms with Crippen LogP contribution in [0.2, 0.25) is 0 Å². The average Bonchev–Trinajstić information content (AvgIpc) is 2.55. The Balaban J connectivity index is 0.00000208. The van der Waals surface area contributed by atoms with Crippen LogP contribution in [0, 0.1) is 0 Å². The van der Waals surface area contributed by atoms with Crippen molar-refractivity contribution in [1.82, 2.24) is 19.8 Å². The van der Waals surface area contributed by atoms with E-state index < -0.39 is 0 Å². The van der Waals surface area contributed by atoms with Crippen molar-refractivity contribution >= 4 is 12.4 Å². The minimum atomic E-state index is -0.0883. The molecule has 0 aliphatic carbocycles. The summed E-state index contributed by atoms with van der Waals surface area (Å²) in [5.74, 6) is 0.647. The van der Waals surface area contributed by atoms with Crippen LogP contribution in [-0.4, -0.2) is 52.0 Å². The van der Waals surface area contributed by atoms with Gasteiger partial charge in [0.25, 0.3) is 5.56 Å². The van der Waals surface area contributed by atoms with E-state index in [-0.39, 0.29) is 18.0 Å². The standard InChI is InChI=1S/C18H24N4O.ClH/c1-14(2)22-10-8-21(9-11-22)13-16-12-17(23)20-18(19-16)15-6-4-3-5-7-15;/h3-7,12,14H,8-11,13H2,1-2H3,(H,19,20,23);1H. The van der Waals surface area contributed by atoms with Crippen LogP contribution in [-0.2, 0) is 6.54 Å². The number of hydrogen-bond donors (Lipinski definition) is 1. The number of piperazine rings is 1. The number of H-pyrrole nitrogens is 1. The molecule has 1 aromatic heterocycles. The molecule has 0 atom stereocenters. The van der Waals surface area contributed by atoms with Crippen molar-refractivity contribution in [2.75, 3.05) is 26.2 Å². The van der Waals surface area contributed by atoms with Crippen LogP contribution in [0.25, 0.3) is 11.4 Å². The van der Waals surface area contributed by atoms with Crippen LogP contribution in [0.4, 0.5) is 0 Å². The van der Waals surface area contributed by atoms with E-state index in [1.54, 1.807) is 6.07 Å². The van der Waals surface area contributed by atoms with Gasteiger partial charge in [0.2, 0.25) is 0 Å². The molecule has 6 heteroatoms. The molecule has 0 amide bonds. The Morgan fingerprint density at radius 2 is 1.79 bits per heavy atom. The second-order valence-corrected chi connectivity index (χ2v) is 6.36. The van der Waals surface area contributed by atoms with E-state index in [0.717, 1.165) is 44.0 Å². The van der Waals surface area contributed by atoms with Crippen LogP contribution in [0.1, 0.15) is 19.5 Å². The van der Waals surface area contributed by atoms with Crippen molar-refractivity contribution in [2.24, 2.45) is 0 Å². The predicted molar refractivity (Wildman–Crippen MR) is 99.5 cm³/mol. The van der Waals surface area contributed by atoms with Gasteiger partial charge in [-0.1, -0.05) is 30.3 Å². The Kier molecular flexibility index (Phi) is 6.54. The first-order chi connectivity index (χ1) is 11.1. The van der Waals surface area contributed by atoms with Crippen LogP contribution in [0.5, 0.6) is 0 Å². The number of nitrogens with zero attached hydrogens (tertiary/aromatic N) is 3. The first kappa shape index (κ1) is 18.6. The minimum Gasteiger partial charge on any atom is -0.307 e. The van der Waals surface area contributed by atoms with Crippen LogP contribution in [0.3, 0.4) is 0 Å². The third-order valence-electron chi connectivity index (χ3n) is 4.36. The molecule has 0 unspecified atom stereocenters. The Morgan fingerprint density at radius 1 is 1.12 bits per heavy atom. The van der Waals surface area contributed by atoms with E-state index in [9.17, 15) is 4.79 Å². The van der Waals surface area contributed by atoms with Gasteiger partial charge in [-0.05, 0) is 13.8 Å². The summed E-state index contributed by atoms with van der Waals surface area (Å²) in [6.45, 7) is 9.40. The fourth-order valence-electron chi connectivity index (χ4n) is 2.99. The molecule has 0 bridgehead atoms. The highest BCUT2D eigenvalue weighted by Crippen LogP contribution is 2.14. The third-order valence-corrected chi connectivity index (χ3v) is 4.36. The molecule has 1 aliphatic rings. The monoisotopic (exact) mass is 348 g/mol. The number of aromatic amines is 1. The number of halogens is 1. The number of benzene rings is 1. The molecule has 2 heterocycles. The zero-order chi connectivity index (χ0) is 16.2. The lowest BCUT2D eigenvalue weighted by molar-refractivity contribution is 0.103. The van der Waals surface area contributed by atoms with Gasteiger partial charge in [-0.15, -0.1) is 12.4 Å². The van der Waals surface area contributed by atoms with Crippen molar-refractivity contribution in [3.8, 4) is 11.4 Å². The van der Waals surface area contributed by atoms with Gasteiger partial charge in [0.05, 0.1) is 5.69 Å². The van der Waals surface area contributed by atoms with Gasteiger partial charge in [-0.3, -0.25) is 14.6 Å². The molecule has 0 saturated carbocycles. The van der Waals surface area contributed by atoms with Gasteiger partial charge in [-0.2, -0.15) is 0 Å². The highest BCUT2D eigenvalue weighted by molar-refractivity contribution is 5.85. The number of aromatic nitrogens is 2. The Labute approximate surface area is 149 Å². The molecule has 130 valence electrons. The maximum atomic E-state index is 11.9. The number of nitrogens with one attached hydrogen (secondary N) is 1. The maximum Gasteiger partial charge on any atom is 0.251 e. The topological polar surface area (TPSA) is 52.2 Å². The van der Waals surface area contributed by atoms with E-state index in [2.05, 4.69) is 33.6 Å². The molecule has 1 N–H and O–H groups in total. The van der Waals surface area contributed by atoms with Crippen LogP contribution >= 0.6 is 12.4 Å². The molecule has 0 spiro atoms. The Bertz CT molecular complexity index is 694. The molecule has 24 heavy (non-hydrogen) atoms. The molecule has 3 rings (SSSR count). The first-order valence-corrected chi connectivity index (χ1v) is 8.24. The molecule has 1 fully saturated rings. The predicted octanol–water partition coefficient (Wildman–Crippen LogP) is 2.38. The van der Waals surface area contributed by atoms with Gasteiger partial charge in [0, 0.05) is 50.4 Å². The molecular weight excluding hydrogens is 324 g/mol. The summed E-state index contributed by atoms with van der Waals surface area (Å²) in [5.41, 5.74) is 1.69. The SMILES string of the molecule is CC(C)N1CCN(Cc2cc(=O)[nH]c(-c3ccccc3)n2)CC1.Cl. The number of rotatable bonds is 4. The summed E-state index contributed by atoms with van der Waals surface area (Å²) < 4.78 is 0. The summed E-state index contributed by atoms with van der Waals surface area (Å²) in [6, 6.07) is 12.0. The summed E-state index contributed by atoms with van der Waals surface area (Å²) >= 11 is 0. The van der Waals surface area contributed by atoms with Gasteiger partial charge in [0.15, 0.2) is 0 Å². The van der Waals surface area contributed by atoms with Gasteiger partial charge >= 0.3 is 0 Å². The normalized spacial score (nSPS) is 16.1. The zero-order valence-corrected chi connectivity index (χ0v) is 15.1. The van der Waals surface area contributed by atoms with Crippen LogP contribution < -0.4 is 5.56 Å². The minimum absolute atomic E-state index is 0. The highest BCUT2D eigenvalue weighted by atomic mass is 35.5. The lowest BCUT2D eigenvalue weighted by Gasteiger charge is -2.36.